The van der Waals surface area contributed by atoms with Crippen LogP contribution < -0.4 is 11.1 Å². The standard InChI is InChI=1S/C21H15IN4O/c22-18-8-7-14(26-21(27)16-6-3-10-25-20(16)23)12-17(18)19-15-5-2-1-4-13(15)9-11-24-19/h1-12H,(H2,23,25)(H,26,27). The molecule has 0 aliphatic carbocycles. The maximum atomic E-state index is 12.5. The number of pyridine rings is 2. The Morgan fingerprint density at radius 3 is 2.67 bits per heavy atom. The second-order valence-electron chi connectivity index (χ2n) is 5.97. The van der Waals surface area contributed by atoms with Crippen LogP contribution in [-0.2, 0) is 0 Å². The number of halogens is 1. The number of hydrogen-bond donors (Lipinski definition) is 2. The highest BCUT2D eigenvalue weighted by Crippen LogP contribution is 2.32. The molecule has 0 atom stereocenters. The zero-order valence-corrected chi connectivity index (χ0v) is 16.3. The number of fused-ring (bicyclic) bond motifs is 1. The zero-order valence-electron chi connectivity index (χ0n) is 14.2. The number of rotatable bonds is 3. The van der Waals surface area contributed by atoms with Crippen LogP contribution in [0.2, 0.25) is 0 Å². The summed E-state index contributed by atoms with van der Waals surface area (Å²) >= 11 is 2.28. The van der Waals surface area contributed by atoms with E-state index in [0.717, 1.165) is 25.6 Å². The molecule has 0 aliphatic rings. The van der Waals surface area contributed by atoms with Crippen LogP contribution in [0, 0.1) is 3.57 Å². The highest BCUT2D eigenvalue weighted by atomic mass is 127. The molecular weight excluding hydrogens is 451 g/mol. The summed E-state index contributed by atoms with van der Waals surface area (Å²) in [5, 5.41) is 5.08. The Kier molecular flexibility index (Phi) is 4.72. The number of nitrogens with two attached hydrogens (primary N) is 1. The SMILES string of the molecule is Nc1ncccc1C(=O)Nc1ccc(I)c(-c2nccc3ccccc23)c1. The number of nitrogen functional groups attached to an aromatic ring is 1. The van der Waals surface area contributed by atoms with Crippen LogP contribution in [0.25, 0.3) is 22.0 Å². The Morgan fingerprint density at radius 1 is 0.963 bits per heavy atom. The summed E-state index contributed by atoms with van der Waals surface area (Å²) in [4.78, 5) is 21.1. The van der Waals surface area contributed by atoms with Crippen molar-refractivity contribution in [3.63, 3.8) is 0 Å². The van der Waals surface area contributed by atoms with Gasteiger partial charge in [0.1, 0.15) is 5.82 Å². The highest BCUT2D eigenvalue weighted by Gasteiger charge is 2.13. The lowest BCUT2D eigenvalue weighted by Gasteiger charge is -2.11. The normalized spacial score (nSPS) is 10.7. The Morgan fingerprint density at radius 2 is 1.81 bits per heavy atom. The third-order valence-corrected chi connectivity index (χ3v) is 5.18. The van der Waals surface area contributed by atoms with Crippen LogP contribution in [0.4, 0.5) is 11.5 Å². The number of nitrogens with zero attached hydrogens (tertiary/aromatic N) is 2. The summed E-state index contributed by atoms with van der Waals surface area (Å²) in [6, 6.07) is 19.2. The van der Waals surface area contributed by atoms with Crippen LogP contribution in [0.15, 0.2) is 73.1 Å². The Labute approximate surface area is 169 Å². The van der Waals surface area contributed by atoms with Crippen molar-refractivity contribution in [2.45, 2.75) is 0 Å². The summed E-state index contributed by atoms with van der Waals surface area (Å²) in [5.74, 6) is -0.0879. The number of aromatic nitrogens is 2. The molecule has 0 fully saturated rings. The minimum atomic E-state index is -0.293. The van der Waals surface area contributed by atoms with E-state index in [1.165, 1.54) is 0 Å². The number of anilines is 2. The molecule has 4 aromatic rings. The van der Waals surface area contributed by atoms with Gasteiger partial charge in [-0.3, -0.25) is 9.78 Å². The van der Waals surface area contributed by atoms with Gasteiger partial charge in [0.2, 0.25) is 0 Å². The second kappa shape index (κ2) is 7.32. The van der Waals surface area contributed by atoms with Crippen molar-refractivity contribution in [2.24, 2.45) is 0 Å². The van der Waals surface area contributed by atoms with Crippen molar-refractivity contribution in [1.29, 1.82) is 0 Å². The first-order valence-electron chi connectivity index (χ1n) is 8.29. The number of carbonyl (C=O) groups is 1. The van der Waals surface area contributed by atoms with Crippen LogP contribution in [0.1, 0.15) is 10.4 Å². The van der Waals surface area contributed by atoms with Gasteiger partial charge in [-0.1, -0.05) is 24.3 Å². The van der Waals surface area contributed by atoms with Gasteiger partial charge in [0.05, 0.1) is 11.3 Å². The Hall–Kier alpha value is -3.00. The lowest BCUT2D eigenvalue weighted by atomic mass is 10.0. The summed E-state index contributed by atoms with van der Waals surface area (Å²) in [6.07, 6.45) is 3.36. The second-order valence-corrected chi connectivity index (χ2v) is 7.13. The topological polar surface area (TPSA) is 80.9 Å². The van der Waals surface area contributed by atoms with Gasteiger partial charge in [0.15, 0.2) is 0 Å². The maximum Gasteiger partial charge on any atom is 0.259 e. The van der Waals surface area contributed by atoms with Crippen molar-refractivity contribution in [3.05, 3.63) is 82.2 Å². The van der Waals surface area contributed by atoms with E-state index in [-0.39, 0.29) is 11.7 Å². The van der Waals surface area contributed by atoms with E-state index in [4.69, 9.17) is 5.73 Å². The lowest BCUT2D eigenvalue weighted by Crippen LogP contribution is -2.14. The lowest BCUT2D eigenvalue weighted by molar-refractivity contribution is 0.102. The fourth-order valence-corrected chi connectivity index (χ4v) is 3.52. The summed E-state index contributed by atoms with van der Waals surface area (Å²) in [6.45, 7) is 0. The fraction of sp³-hybridized carbons (Fsp3) is 0. The van der Waals surface area contributed by atoms with Gasteiger partial charge in [-0.2, -0.15) is 0 Å². The molecule has 6 heteroatoms. The minimum Gasteiger partial charge on any atom is -0.383 e. The first kappa shape index (κ1) is 17.4. The largest absolute Gasteiger partial charge is 0.383 e. The van der Waals surface area contributed by atoms with Crippen molar-refractivity contribution >= 4 is 50.8 Å². The van der Waals surface area contributed by atoms with Gasteiger partial charge >= 0.3 is 0 Å². The average molecular weight is 466 g/mol. The van der Waals surface area contributed by atoms with Gasteiger partial charge in [0.25, 0.3) is 5.91 Å². The van der Waals surface area contributed by atoms with Crippen LogP contribution in [0.3, 0.4) is 0 Å². The summed E-state index contributed by atoms with van der Waals surface area (Å²) in [7, 11) is 0. The first-order valence-corrected chi connectivity index (χ1v) is 9.37. The Bertz CT molecular complexity index is 1150. The number of amides is 1. The molecular formula is C21H15IN4O. The molecule has 3 N–H and O–H groups in total. The summed E-state index contributed by atoms with van der Waals surface area (Å²) in [5.41, 5.74) is 8.67. The smallest absolute Gasteiger partial charge is 0.259 e. The zero-order chi connectivity index (χ0) is 18.8. The van der Waals surface area contributed by atoms with E-state index in [9.17, 15) is 4.79 Å². The molecule has 0 radical (unpaired) electrons. The number of hydrogen-bond acceptors (Lipinski definition) is 4. The third kappa shape index (κ3) is 3.48. The molecule has 0 aliphatic heterocycles. The molecule has 2 aromatic carbocycles. The van der Waals surface area contributed by atoms with Gasteiger partial charge in [-0.25, -0.2) is 4.98 Å². The predicted octanol–water partition coefficient (Wildman–Crippen LogP) is 4.74. The van der Waals surface area contributed by atoms with Crippen LogP contribution >= 0.6 is 22.6 Å². The molecule has 4 rings (SSSR count). The van der Waals surface area contributed by atoms with E-state index in [1.54, 1.807) is 24.5 Å². The number of nitrogens with one attached hydrogen (secondary N) is 1. The molecule has 132 valence electrons. The van der Waals surface area contributed by atoms with E-state index in [0.29, 0.717) is 11.3 Å². The van der Waals surface area contributed by atoms with E-state index in [2.05, 4.69) is 50.0 Å². The van der Waals surface area contributed by atoms with Crippen molar-refractivity contribution in [2.75, 3.05) is 11.1 Å². The third-order valence-electron chi connectivity index (χ3n) is 4.24. The fourth-order valence-electron chi connectivity index (χ4n) is 2.93. The Balaban J connectivity index is 1.74. The van der Waals surface area contributed by atoms with Gasteiger partial charge < -0.3 is 11.1 Å². The molecule has 2 aromatic heterocycles. The number of benzene rings is 2. The molecule has 0 bridgehead atoms. The first-order chi connectivity index (χ1) is 13.1. The van der Waals surface area contributed by atoms with Crippen molar-refractivity contribution < 1.29 is 4.79 Å². The maximum absolute atomic E-state index is 12.5. The minimum absolute atomic E-state index is 0.205. The van der Waals surface area contributed by atoms with Crippen molar-refractivity contribution in [1.82, 2.24) is 9.97 Å². The van der Waals surface area contributed by atoms with E-state index < -0.39 is 0 Å². The van der Waals surface area contributed by atoms with Gasteiger partial charge in [-0.05, 0) is 64.4 Å². The predicted molar refractivity (Wildman–Crippen MR) is 116 cm³/mol. The average Bonchev–Trinajstić information content (AvgIpc) is 2.69. The molecule has 0 saturated carbocycles. The molecule has 1 amide bonds. The molecule has 2 heterocycles. The monoisotopic (exact) mass is 466 g/mol. The van der Waals surface area contributed by atoms with Crippen LogP contribution in [0.5, 0.6) is 0 Å². The molecule has 0 spiro atoms. The molecule has 5 nitrogen and oxygen atoms in total. The van der Waals surface area contributed by atoms with Crippen molar-refractivity contribution in [3.8, 4) is 11.3 Å². The molecule has 0 saturated heterocycles. The van der Waals surface area contributed by atoms with E-state index >= 15 is 0 Å². The van der Waals surface area contributed by atoms with Gasteiger partial charge in [0, 0.05) is 32.6 Å². The molecule has 0 unspecified atom stereocenters. The van der Waals surface area contributed by atoms with E-state index in [1.807, 2.05) is 36.4 Å². The highest BCUT2D eigenvalue weighted by molar-refractivity contribution is 14.1. The quantitative estimate of drug-likeness (QED) is 0.428. The molecule has 27 heavy (non-hydrogen) atoms. The van der Waals surface area contributed by atoms with Gasteiger partial charge in [-0.15, -0.1) is 0 Å². The van der Waals surface area contributed by atoms with Crippen LogP contribution in [-0.4, -0.2) is 15.9 Å². The summed E-state index contributed by atoms with van der Waals surface area (Å²) < 4.78 is 1.05. The number of carbonyl (C=O) groups excluding carboxylic acids is 1.